The van der Waals surface area contributed by atoms with Gasteiger partial charge in [-0.3, -0.25) is 10.1 Å². The Hall–Kier alpha value is -2.47. The molecule has 0 saturated heterocycles. The highest BCUT2D eigenvalue weighted by Crippen LogP contribution is 2.25. The highest BCUT2D eigenvalue weighted by molar-refractivity contribution is 5.55. The minimum Gasteiger partial charge on any atom is -0.366 e. The van der Waals surface area contributed by atoms with Gasteiger partial charge in [0.1, 0.15) is 5.82 Å². The second-order valence-corrected chi connectivity index (χ2v) is 5.26. The van der Waals surface area contributed by atoms with Crippen molar-refractivity contribution in [1.82, 2.24) is 5.32 Å². The Bertz CT molecular complexity index is 706. The van der Waals surface area contributed by atoms with Crippen LogP contribution in [0.3, 0.4) is 0 Å². The largest absolute Gasteiger partial charge is 0.366 e. The van der Waals surface area contributed by atoms with Gasteiger partial charge >= 0.3 is 0 Å². The van der Waals surface area contributed by atoms with E-state index in [1.54, 1.807) is 0 Å². The van der Waals surface area contributed by atoms with Crippen LogP contribution in [0.4, 0.5) is 15.8 Å². The fourth-order valence-electron chi connectivity index (χ4n) is 2.67. The van der Waals surface area contributed by atoms with Gasteiger partial charge in [-0.1, -0.05) is 18.2 Å². The van der Waals surface area contributed by atoms with Gasteiger partial charge in [0.25, 0.3) is 5.69 Å². The van der Waals surface area contributed by atoms with Crippen LogP contribution in [0.25, 0.3) is 0 Å². The molecule has 1 N–H and O–H groups in total. The molecule has 2 aromatic carbocycles. The molecule has 0 radical (unpaired) electrons. The molecule has 114 valence electrons. The third kappa shape index (κ3) is 2.92. The molecule has 0 fully saturated rings. The summed E-state index contributed by atoms with van der Waals surface area (Å²) >= 11 is 0. The smallest absolute Gasteiger partial charge is 0.272 e. The van der Waals surface area contributed by atoms with Crippen molar-refractivity contribution >= 4 is 11.4 Å². The summed E-state index contributed by atoms with van der Waals surface area (Å²) in [7, 11) is 0. The van der Waals surface area contributed by atoms with Gasteiger partial charge in [0.15, 0.2) is 0 Å². The molecular formula is C16H16FN3O2. The van der Waals surface area contributed by atoms with Crippen LogP contribution in [0.15, 0.2) is 42.5 Å². The molecule has 6 heteroatoms. The number of rotatable bonds is 3. The van der Waals surface area contributed by atoms with Crippen molar-refractivity contribution in [2.75, 3.05) is 18.0 Å². The molecule has 1 heterocycles. The number of non-ortho nitro benzene ring substituents is 1. The van der Waals surface area contributed by atoms with E-state index in [9.17, 15) is 14.5 Å². The van der Waals surface area contributed by atoms with Crippen LogP contribution in [-0.4, -0.2) is 18.0 Å². The molecule has 0 spiro atoms. The number of hydrogen-bond donors (Lipinski definition) is 1. The van der Waals surface area contributed by atoms with Crippen molar-refractivity contribution in [2.24, 2.45) is 0 Å². The van der Waals surface area contributed by atoms with E-state index in [1.165, 1.54) is 17.7 Å². The Morgan fingerprint density at radius 1 is 1.27 bits per heavy atom. The first-order valence-corrected chi connectivity index (χ1v) is 7.11. The minimum absolute atomic E-state index is 0.223. The monoisotopic (exact) mass is 301 g/mol. The average molecular weight is 301 g/mol. The highest BCUT2D eigenvalue weighted by atomic mass is 19.1. The quantitative estimate of drug-likeness (QED) is 0.699. The number of anilines is 1. The Kier molecular flexibility index (Phi) is 4.02. The third-order valence-corrected chi connectivity index (χ3v) is 3.81. The molecule has 0 aliphatic carbocycles. The summed E-state index contributed by atoms with van der Waals surface area (Å²) < 4.78 is 14.1. The van der Waals surface area contributed by atoms with E-state index in [4.69, 9.17) is 0 Å². The Morgan fingerprint density at radius 3 is 2.86 bits per heavy atom. The topological polar surface area (TPSA) is 58.4 Å². The van der Waals surface area contributed by atoms with Crippen molar-refractivity contribution < 1.29 is 9.31 Å². The van der Waals surface area contributed by atoms with Gasteiger partial charge in [-0.15, -0.1) is 0 Å². The predicted molar refractivity (Wildman–Crippen MR) is 82.3 cm³/mol. The van der Waals surface area contributed by atoms with Crippen LogP contribution in [0, 0.1) is 15.9 Å². The maximum absolute atomic E-state index is 14.1. The van der Waals surface area contributed by atoms with Crippen molar-refractivity contribution in [2.45, 2.75) is 13.1 Å². The summed E-state index contributed by atoms with van der Waals surface area (Å²) in [5.74, 6) is -0.538. The van der Waals surface area contributed by atoms with E-state index in [0.717, 1.165) is 31.4 Å². The lowest BCUT2D eigenvalue weighted by atomic mass is 10.1. The lowest BCUT2D eigenvalue weighted by Gasteiger charge is -2.24. The zero-order valence-electron chi connectivity index (χ0n) is 12.0. The van der Waals surface area contributed by atoms with E-state index in [1.807, 2.05) is 24.3 Å². The normalized spacial score (nSPS) is 14.3. The number of nitrogens with zero attached hydrogens (tertiary/aromatic N) is 2. The molecule has 1 aliphatic rings. The van der Waals surface area contributed by atoms with Crippen LogP contribution in [0.2, 0.25) is 0 Å². The molecular weight excluding hydrogens is 285 g/mol. The number of nitrogens with one attached hydrogen (secondary N) is 1. The number of benzene rings is 2. The van der Waals surface area contributed by atoms with Crippen LogP contribution < -0.4 is 10.2 Å². The first-order valence-electron chi connectivity index (χ1n) is 7.11. The highest BCUT2D eigenvalue weighted by Gasteiger charge is 2.17. The van der Waals surface area contributed by atoms with E-state index in [2.05, 4.69) is 10.2 Å². The average Bonchev–Trinajstić information content (AvgIpc) is 2.72. The van der Waals surface area contributed by atoms with Gasteiger partial charge in [0, 0.05) is 43.5 Å². The zero-order valence-corrected chi connectivity index (χ0v) is 12.0. The number of hydrogen-bond acceptors (Lipinski definition) is 4. The predicted octanol–water partition coefficient (Wildman–Crippen LogP) is 2.84. The second kappa shape index (κ2) is 6.11. The van der Waals surface area contributed by atoms with Crippen molar-refractivity contribution in [3.8, 4) is 0 Å². The zero-order chi connectivity index (χ0) is 15.5. The molecule has 0 aromatic heterocycles. The lowest BCUT2D eigenvalue weighted by Crippen LogP contribution is -2.28. The van der Waals surface area contributed by atoms with Crippen molar-refractivity contribution in [3.63, 3.8) is 0 Å². The summed E-state index contributed by atoms with van der Waals surface area (Å²) in [4.78, 5) is 12.2. The van der Waals surface area contributed by atoms with Gasteiger partial charge in [0.2, 0.25) is 0 Å². The summed E-state index contributed by atoms with van der Waals surface area (Å²) in [6, 6.07) is 11.8. The fourth-order valence-corrected chi connectivity index (χ4v) is 2.67. The summed E-state index contributed by atoms with van der Waals surface area (Å²) in [5, 5.41) is 14.0. The lowest BCUT2D eigenvalue weighted by molar-refractivity contribution is -0.385. The van der Waals surface area contributed by atoms with Crippen LogP contribution in [-0.2, 0) is 13.1 Å². The SMILES string of the molecule is O=[N+]([O-])c1ccc(CN2CCNCc3ccccc32)c(F)c1. The molecule has 0 unspecified atom stereocenters. The minimum atomic E-state index is -0.585. The molecule has 0 atom stereocenters. The summed E-state index contributed by atoms with van der Waals surface area (Å²) in [6.45, 7) is 2.74. The molecule has 2 aromatic rings. The summed E-state index contributed by atoms with van der Waals surface area (Å²) in [5.41, 5.74) is 2.48. The number of nitro benzene ring substituents is 1. The van der Waals surface area contributed by atoms with Gasteiger partial charge in [0.05, 0.1) is 11.0 Å². The standard InChI is InChI=1S/C16H16FN3O2/c17-15-9-14(20(21)22)6-5-13(15)11-19-8-7-18-10-12-3-1-2-4-16(12)19/h1-6,9,18H,7-8,10-11H2. The first-order chi connectivity index (χ1) is 10.6. The van der Waals surface area contributed by atoms with E-state index in [0.29, 0.717) is 12.1 Å². The van der Waals surface area contributed by atoms with E-state index >= 15 is 0 Å². The number of fused-ring (bicyclic) bond motifs is 1. The number of nitro groups is 1. The summed E-state index contributed by atoms with van der Waals surface area (Å²) in [6.07, 6.45) is 0. The third-order valence-electron chi connectivity index (χ3n) is 3.81. The number of halogens is 1. The second-order valence-electron chi connectivity index (χ2n) is 5.26. The van der Waals surface area contributed by atoms with E-state index < -0.39 is 10.7 Å². The van der Waals surface area contributed by atoms with E-state index in [-0.39, 0.29) is 5.69 Å². The Balaban J connectivity index is 1.88. The van der Waals surface area contributed by atoms with Crippen LogP contribution in [0.5, 0.6) is 0 Å². The van der Waals surface area contributed by atoms with Crippen molar-refractivity contribution in [3.05, 3.63) is 69.5 Å². The van der Waals surface area contributed by atoms with Gasteiger partial charge in [-0.2, -0.15) is 0 Å². The van der Waals surface area contributed by atoms with Crippen molar-refractivity contribution in [1.29, 1.82) is 0 Å². The van der Waals surface area contributed by atoms with Gasteiger partial charge < -0.3 is 10.2 Å². The molecule has 0 bridgehead atoms. The first kappa shape index (κ1) is 14.5. The molecule has 1 aliphatic heterocycles. The molecule has 22 heavy (non-hydrogen) atoms. The van der Waals surface area contributed by atoms with Gasteiger partial charge in [-0.05, 0) is 17.7 Å². The Morgan fingerprint density at radius 2 is 2.09 bits per heavy atom. The maximum atomic E-state index is 14.1. The molecule has 0 amide bonds. The molecule has 0 saturated carbocycles. The van der Waals surface area contributed by atoms with Crippen LogP contribution in [0.1, 0.15) is 11.1 Å². The van der Waals surface area contributed by atoms with Gasteiger partial charge in [-0.25, -0.2) is 4.39 Å². The van der Waals surface area contributed by atoms with Crippen LogP contribution >= 0.6 is 0 Å². The molecule has 3 rings (SSSR count). The number of para-hydroxylation sites is 1. The fraction of sp³-hybridized carbons (Fsp3) is 0.250. The Labute approximate surface area is 127 Å². The molecule has 5 nitrogen and oxygen atoms in total. The maximum Gasteiger partial charge on any atom is 0.272 e.